The molecule has 1 aliphatic rings. The van der Waals surface area contributed by atoms with Crippen LogP contribution in [-0.2, 0) is 10.8 Å². The van der Waals surface area contributed by atoms with Crippen LogP contribution in [0.1, 0.15) is 25.6 Å². The van der Waals surface area contributed by atoms with E-state index in [1.54, 1.807) is 0 Å². The van der Waals surface area contributed by atoms with E-state index in [2.05, 4.69) is 19.9 Å². The molecular weight excluding hydrogens is 418 g/mol. The van der Waals surface area contributed by atoms with E-state index in [1.165, 1.54) is 18.3 Å². The van der Waals surface area contributed by atoms with Crippen LogP contribution >= 0.6 is 0 Å². The number of pyridine rings is 2. The van der Waals surface area contributed by atoms with Crippen molar-refractivity contribution in [3.05, 3.63) is 42.2 Å². The van der Waals surface area contributed by atoms with Crippen molar-refractivity contribution in [1.82, 2.24) is 19.6 Å². The summed E-state index contributed by atoms with van der Waals surface area (Å²) in [4.78, 5) is 3.58. The molecule has 0 aromatic carbocycles. The minimum Gasteiger partial charge on any atom is -0.463 e. The van der Waals surface area contributed by atoms with Crippen LogP contribution in [0.2, 0.25) is 0 Å². The lowest BCUT2D eigenvalue weighted by Gasteiger charge is -2.17. The molecule has 0 spiro atoms. The predicted molar refractivity (Wildman–Crippen MR) is 90.3 cm³/mol. The lowest BCUT2D eigenvalue weighted by molar-refractivity contribution is -0.261. The lowest BCUT2D eigenvalue weighted by Crippen LogP contribution is -2.31. The topological polar surface area (TPSA) is 61.5 Å². The number of ether oxygens (including phenoxy) is 2. The van der Waals surface area contributed by atoms with Crippen LogP contribution < -0.4 is 4.74 Å². The van der Waals surface area contributed by atoms with Gasteiger partial charge in [-0.15, -0.1) is 10.2 Å². The molecule has 0 unspecified atom stereocenters. The van der Waals surface area contributed by atoms with Gasteiger partial charge in [0.25, 0.3) is 5.88 Å². The predicted octanol–water partition coefficient (Wildman–Crippen LogP) is 4.49. The van der Waals surface area contributed by atoms with Gasteiger partial charge < -0.3 is 9.47 Å². The highest BCUT2D eigenvalue weighted by Gasteiger charge is 2.44. The molecule has 1 saturated carbocycles. The Hall–Kier alpha value is -2.89. The summed E-state index contributed by atoms with van der Waals surface area (Å²) in [6.45, 7) is 0.723. The van der Waals surface area contributed by atoms with Gasteiger partial charge in [-0.1, -0.05) is 0 Å². The Bertz CT molecular complexity index is 1080. The second-order valence-corrected chi connectivity index (χ2v) is 6.82. The number of hydrogen-bond acceptors (Lipinski definition) is 5. The van der Waals surface area contributed by atoms with Crippen LogP contribution in [0, 0.1) is 5.82 Å². The van der Waals surface area contributed by atoms with Crippen LogP contribution in [0.4, 0.5) is 26.3 Å². The normalized spacial score (nSPS) is 16.1. The first kappa shape index (κ1) is 20.4. The molecule has 1 fully saturated rings. The van der Waals surface area contributed by atoms with E-state index in [1.807, 2.05) is 0 Å². The average Bonchev–Trinajstić information content (AvgIpc) is 3.35. The number of aromatic nitrogens is 4. The van der Waals surface area contributed by atoms with Gasteiger partial charge in [0.1, 0.15) is 0 Å². The maximum absolute atomic E-state index is 14.4. The Morgan fingerprint density at radius 3 is 2.47 bits per heavy atom. The zero-order valence-electron chi connectivity index (χ0n) is 15.3. The molecule has 30 heavy (non-hydrogen) atoms. The molecule has 6 nitrogen and oxygen atoms in total. The summed E-state index contributed by atoms with van der Waals surface area (Å²) in [6.07, 6.45) is -7.77. The Kier molecular flexibility index (Phi) is 4.83. The molecule has 0 amide bonds. The number of nitrogens with zero attached hydrogens (tertiary/aromatic N) is 4. The number of fused-ring (bicyclic) bond motifs is 1. The molecule has 3 aromatic rings. The smallest absolute Gasteiger partial charge is 0.425 e. The number of hydrogen-bond donors (Lipinski definition) is 0. The van der Waals surface area contributed by atoms with Gasteiger partial charge in [-0.3, -0.25) is 4.40 Å². The van der Waals surface area contributed by atoms with Crippen molar-refractivity contribution in [2.75, 3.05) is 0 Å². The first-order valence-electron chi connectivity index (χ1n) is 8.85. The van der Waals surface area contributed by atoms with Crippen molar-refractivity contribution in [2.24, 2.45) is 0 Å². The maximum Gasteiger partial charge on any atom is 0.425 e. The summed E-state index contributed by atoms with van der Waals surface area (Å²) < 4.78 is 90.9. The second kappa shape index (κ2) is 7.11. The summed E-state index contributed by atoms with van der Waals surface area (Å²) in [5.41, 5.74) is 0.500. The van der Waals surface area contributed by atoms with Crippen LogP contribution in [0.5, 0.6) is 5.88 Å². The SMILES string of the molecule is C[C@H](Oc1ncc(-c2ccc3nnc(C(F)(F)OC4CC4)n3c2)cc1F)C(F)(F)F. The van der Waals surface area contributed by atoms with Crippen molar-refractivity contribution < 1.29 is 35.8 Å². The highest BCUT2D eigenvalue weighted by atomic mass is 19.4. The number of alkyl halides is 5. The number of halogens is 6. The van der Waals surface area contributed by atoms with Gasteiger partial charge in [0, 0.05) is 23.5 Å². The second-order valence-electron chi connectivity index (χ2n) is 6.82. The van der Waals surface area contributed by atoms with Crippen LogP contribution in [0.3, 0.4) is 0 Å². The van der Waals surface area contributed by atoms with Gasteiger partial charge in [-0.2, -0.15) is 22.0 Å². The molecule has 3 aromatic heterocycles. The lowest BCUT2D eigenvalue weighted by atomic mass is 10.1. The zero-order chi connectivity index (χ0) is 21.7. The summed E-state index contributed by atoms with van der Waals surface area (Å²) in [5.74, 6) is -2.69. The third-order valence-electron chi connectivity index (χ3n) is 4.39. The molecular formula is C18H14F6N4O2. The summed E-state index contributed by atoms with van der Waals surface area (Å²) >= 11 is 0. The summed E-state index contributed by atoms with van der Waals surface area (Å²) in [7, 11) is 0. The minimum atomic E-state index is -4.68. The van der Waals surface area contributed by atoms with Crippen LogP contribution in [-0.4, -0.2) is 38.0 Å². The molecule has 3 heterocycles. The third-order valence-corrected chi connectivity index (χ3v) is 4.39. The molecule has 12 heteroatoms. The monoisotopic (exact) mass is 432 g/mol. The van der Waals surface area contributed by atoms with Crippen LogP contribution in [0.25, 0.3) is 16.8 Å². The molecule has 160 valence electrons. The maximum atomic E-state index is 14.4. The van der Waals surface area contributed by atoms with E-state index in [9.17, 15) is 26.3 Å². The molecule has 1 atom stereocenters. The Morgan fingerprint density at radius 1 is 1.10 bits per heavy atom. The number of rotatable bonds is 6. The fraction of sp³-hybridized carbons (Fsp3) is 0.389. The largest absolute Gasteiger partial charge is 0.463 e. The van der Waals surface area contributed by atoms with Crippen molar-refractivity contribution in [3.8, 4) is 17.0 Å². The molecule has 4 rings (SSSR count). The minimum absolute atomic E-state index is 0.111. The van der Waals surface area contributed by atoms with E-state index in [-0.39, 0.29) is 16.8 Å². The standard InChI is InChI=1S/C18H14F6N4O2/c1-9(17(20,21)22)29-15-13(19)6-11(7-25-15)10-2-5-14-26-27-16(28(14)8-10)18(23,24)30-12-3-4-12/h2,5-9,12H,3-4H2,1H3/t9-/m0/s1. The third kappa shape index (κ3) is 4.04. The average molecular weight is 432 g/mol. The van der Waals surface area contributed by atoms with Gasteiger partial charge in [0.05, 0.1) is 6.10 Å². The van der Waals surface area contributed by atoms with Crippen molar-refractivity contribution >= 4 is 5.65 Å². The summed E-state index contributed by atoms with van der Waals surface area (Å²) in [6, 6.07) is 3.74. The summed E-state index contributed by atoms with van der Waals surface area (Å²) in [5, 5.41) is 7.16. The fourth-order valence-electron chi connectivity index (χ4n) is 2.61. The van der Waals surface area contributed by atoms with Crippen molar-refractivity contribution in [3.63, 3.8) is 0 Å². The molecule has 0 aliphatic heterocycles. The Balaban J connectivity index is 1.64. The Labute approximate surface area is 165 Å². The highest BCUT2D eigenvalue weighted by Crippen LogP contribution is 2.37. The van der Waals surface area contributed by atoms with E-state index in [0.29, 0.717) is 12.8 Å². The van der Waals surface area contributed by atoms with Gasteiger partial charge in [-0.05, 0) is 38.0 Å². The van der Waals surface area contributed by atoms with Crippen molar-refractivity contribution in [1.29, 1.82) is 0 Å². The Morgan fingerprint density at radius 2 is 1.83 bits per heavy atom. The van der Waals surface area contributed by atoms with E-state index >= 15 is 0 Å². The molecule has 0 N–H and O–H groups in total. The molecule has 1 aliphatic carbocycles. The van der Waals surface area contributed by atoms with Crippen LogP contribution in [0.15, 0.2) is 30.6 Å². The first-order valence-corrected chi connectivity index (χ1v) is 8.85. The highest BCUT2D eigenvalue weighted by molar-refractivity contribution is 5.64. The van der Waals surface area contributed by atoms with Crippen molar-refractivity contribution in [2.45, 2.75) is 44.3 Å². The quantitative estimate of drug-likeness (QED) is 0.538. The van der Waals surface area contributed by atoms with Gasteiger partial charge in [0.15, 0.2) is 17.6 Å². The van der Waals surface area contributed by atoms with E-state index in [0.717, 1.165) is 23.6 Å². The fourth-order valence-corrected chi connectivity index (χ4v) is 2.61. The van der Waals surface area contributed by atoms with Gasteiger partial charge >= 0.3 is 12.3 Å². The molecule has 0 bridgehead atoms. The van der Waals surface area contributed by atoms with Gasteiger partial charge in [-0.25, -0.2) is 9.37 Å². The zero-order valence-corrected chi connectivity index (χ0v) is 15.3. The first-order chi connectivity index (χ1) is 14.0. The van der Waals surface area contributed by atoms with E-state index < -0.39 is 42.0 Å². The molecule has 0 saturated heterocycles. The van der Waals surface area contributed by atoms with Gasteiger partial charge in [0.2, 0.25) is 5.82 Å². The molecule has 0 radical (unpaired) electrons. The van der Waals surface area contributed by atoms with E-state index in [4.69, 9.17) is 4.74 Å².